The standard InChI is InChI=1S/C15H21N3O3/c1-11(14(19)16-12-4-5-12)17-6-8-18(9-7-17)15(20)13-3-2-10-21-13/h2-3,10-12H,4-9H2,1H3,(H,16,19)/t11-/m0/s1. The number of carbonyl (C=O) groups excluding carboxylic acids is 2. The van der Waals surface area contributed by atoms with Gasteiger partial charge in [0.2, 0.25) is 5.91 Å². The molecule has 1 saturated carbocycles. The van der Waals surface area contributed by atoms with Crippen molar-refractivity contribution >= 4 is 11.8 Å². The molecule has 6 nitrogen and oxygen atoms in total. The normalized spacial score (nSPS) is 21.1. The minimum Gasteiger partial charge on any atom is -0.459 e. The fourth-order valence-corrected chi connectivity index (χ4v) is 2.58. The van der Waals surface area contributed by atoms with Crippen LogP contribution in [0.4, 0.5) is 0 Å². The highest BCUT2D eigenvalue weighted by Crippen LogP contribution is 2.19. The van der Waals surface area contributed by atoms with Crippen molar-refractivity contribution < 1.29 is 14.0 Å². The molecule has 1 aromatic rings. The number of nitrogens with one attached hydrogen (secondary N) is 1. The summed E-state index contributed by atoms with van der Waals surface area (Å²) in [4.78, 5) is 28.1. The summed E-state index contributed by atoms with van der Waals surface area (Å²) in [5, 5.41) is 3.03. The van der Waals surface area contributed by atoms with E-state index in [0.29, 0.717) is 38.0 Å². The van der Waals surface area contributed by atoms with Crippen molar-refractivity contribution in [2.24, 2.45) is 0 Å². The number of nitrogens with zero attached hydrogens (tertiary/aromatic N) is 2. The maximum atomic E-state index is 12.2. The lowest BCUT2D eigenvalue weighted by Gasteiger charge is -2.37. The van der Waals surface area contributed by atoms with Gasteiger partial charge in [0.1, 0.15) is 0 Å². The molecular formula is C15H21N3O3. The van der Waals surface area contributed by atoms with E-state index in [9.17, 15) is 9.59 Å². The van der Waals surface area contributed by atoms with Crippen molar-refractivity contribution in [3.05, 3.63) is 24.2 Å². The van der Waals surface area contributed by atoms with Gasteiger partial charge >= 0.3 is 0 Å². The third-order valence-electron chi connectivity index (χ3n) is 4.18. The molecule has 2 heterocycles. The Balaban J connectivity index is 1.50. The first-order valence-electron chi connectivity index (χ1n) is 7.52. The van der Waals surface area contributed by atoms with Gasteiger partial charge in [0.05, 0.1) is 12.3 Å². The zero-order chi connectivity index (χ0) is 14.8. The summed E-state index contributed by atoms with van der Waals surface area (Å²) in [6, 6.07) is 3.65. The van der Waals surface area contributed by atoms with Gasteiger partial charge in [-0.3, -0.25) is 14.5 Å². The molecule has 114 valence electrons. The minimum atomic E-state index is -0.133. The summed E-state index contributed by atoms with van der Waals surface area (Å²) < 4.78 is 5.14. The van der Waals surface area contributed by atoms with Gasteiger partial charge in [0.25, 0.3) is 5.91 Å². The van der Waals surface area contributed by atoms with E-state index in [-0.39, 0.29) is 17.9 Å². The van der Waals surface area contributed by atoms with E-state index in [1.807, 2.05) is 6.92 Å². The number of furan rings is 1. The van der Waals surface area contributed by atoms with E-state index in [4.69, 9.17) is 4.42 Å². The molecule has 21 heavy (non-hydrogen) atoms. The molecule has 1 N–H and O–H groups in total. The Hall–Kier alpha value is -1.82. The van der Waals surface area contributed by atoms with Crippen molar-refractivity contribution in [1.29, 1.82) is 0 Å². The lowest BCUT2D eigenvalue weighted by molar-refractivity contribution is -0.126. The second-order valence-corrected chi connectivity index (χ2v) is 5.76. The van der Waals surface area contributed by atoms with Gasteiger partial charge in [-0.15, -0.1) is 0 Å². The van der Waals surface area contributed by atoms with Gasteiger partial charge in [-0.05, 0) is 31.9 Å². The fourth-order valence-electron chi connectivity index (χ4n) is 2.58. The second kappa shape index (κ2) is 5.89. The first-order valence-corrected chi connectivity index (χ1v) is 7.52. The summed E-state index contributed by atoms with van der Waals surface area (Å²) in [5.74, 6) is 0.404. The maximum absolute atomic E-state index is 12.2. The van der Waals surface area contributed by atoms with E-state index >= 15 is 0 Å². The topological polar surface area (TPSA) is 65.8 Å². The molecule has 1 aromatic heterocycles. The highest BCUT2D eigenvalue weighted by Gasteiger charge is 2.31. The maximum Gasteiger partial charge on any atom is 0.289 e. The molecule has 0 aromatic carbocycles. The minimum absolute atomic E-state index is 0.0743. The van der Waals surface area contributed by atoms with Crippen LogP contribution in [0.5, 0.6) is 0 Å². The zero-order valence-corrected chi connectivity index (χ0v) is 12.2. The van der Waals surface area contributed by atoms with E-state index < -0.39 is 0 Å². The third-order valence-corrected chi connectivity index (χ3v) is 4.18. The predicted octanol–water partition coefficient (Wildman–Crippen LogP) is 0.704. The lowest BCUT2D eigenvalue weighted by Crippen LogP contribution is -2.55. The first kappa shape index (κ1) is 14.1. The van der Waals surface area contributed by atoms with Crippen molar-refractivity contribution in [2.45, 2.75) is 31.8 Å². The molecule has 3 rings (SSSR count). The monoisotopic (exact) mass is 291 g/mol. The molecule has 0 bridgehead atoms. The smallest absolute Gasteiger partial charge is 0.289 e. The number of piperazine rings is 1. The number of rotatable bonds is 4. The molecule has 2 amide bonds. The van der Waals surface area contributed by atoms with Gasteiger partial charge in [0.15, 0.2) is 5.76 Å². The third kappa shape index (κ3) is 3.26. The van der Waals surface area contributed by atoms with Crippen LogP contribution in [0.2, 0.25) is 0 Å². The second-order valence-electron chi connectivity index (χ2n) is 5.76. The Labute approximate surface area is 124 Å². The number of hydrogen-bond acceptors (Lipinski definition) is 4. The summed E-state index contributed by atoms with van der Waals surface area (Å²) in [5.41, 5.74) is 0. The Morgan fingerprint density at radius 2 is 2.00 bits per heavy atom. The van der Waals surface area contributed by atoms with Crippen LogP contribution in [-0.2, 0) is 4.79 Å². The molecule has 1 aliphatic carbocycles. The fraction of sp³-hybridized carbons (Fsp3) is 0.600. The van der Waals surface area contributed by atoms with Gasteiger partial charge < -0.3 is 14.6 Å². The predicted molar refractivity (Wildman–Crippen MR) is 76.8 cm³/mol. The highest BCUT2D eigenvalue weighted by molar-refractivity contribution is 5.91. The Bertz CT molecular complexity index is 502. The SMILES string of the molecule is C[C@@H](C(=O)NC1CC1)N1CCN(C(=O)c2ccco2)CC1. The molecule has 6 heteroatoms. The van der Waals surface area contributed by atoms with Crippen LogP contribution in [0, 0.1) is 0 Å². The average Bonchev–Trinajstić information content (AvgIpc) is 3.15. The molecular weight excluding hydrogens is 270 g/mol. The largest absolute Gasteiger partial charge is 0.459 e. The van der Waals surface area contributed by atoms with E-state index in [1.54, 1.807) is 17.0 Å². The summed E-state index contributed by atoms with van der Waals surface area (Å²) in [6.07, 6.45) is 3.71. The van der Waals surface area contributed by atoms with Gasteiger partial charge in [0, 0.05) is 32.2 Å². The Morgan fingerprint density at radius 1 is 1.29 bits per heavy atom. The van der Waals surface area contributed by atoms with Crippen LogP contribution < -0.4 is 5.32 Å². The van der Waals surface area contributed by atoms with Crippen LogP contribution in [0.15, 0.2) is 22.8 Å². The molecule has 0 unspecified atom stereocenters. The van der Waals surface area contributed by atoms with Crippen LogP contribution in [0.1, 0.15) is 30.3 Å². The molecule has 2 fully saturated rings. The van der Waals surface area contributed by atoms with Gasteiger partial charge in [-0.25, -0.2) is 0 Å². The summed E-state index contributed by atoms with van der Waals surface area (Å²) in [6.45, 7) is 4.61. The van der Waals surface area contributed by atoms with E-state index in [1.165, 1.54) is 6.26 Å². The Morgan fingerprint density at radius 3 is 2.57 bits per heavy atom. The molecule has 2 aliphatic rings. The van der Waals surface area contributed by atoms with Crippen molar-refractivity contribution in [3.8, 4) is 0 Å². The van der Waals surface area contributed by atoms with Crippen LogP contribution in [-0.4, -0.2) is 59.9 Å². The number of amides is 2. The quantitative estimate of drug-likeness (QED) is 0.887. The van der Waals surface area contributed by atoms with E-state index in [2.05, 4.69) is 10.2 Å². The van der Waals surface area contributed by atoms with Crippen LogP contribution in [0.25, 0.3) is 0 Å². The molecule has 0 spiro atoms. The van der Waals surface area contributed by atoms with Crippen LogP contribution in [0.3, 0.4) is 0 Å². The molecule has 1 atom stereocenters. The average molecular weight is 291 g/mol. The van der Waals surface area contributed by atoms with Crippen molar-refractivity contribution in [1.82, 2.24) is 15.1 Å². The number of carbonyl (C=O) groups is 2. The molecule has 1 aliphatic heterocycles. The first-order chi connectivity index (χ1) is 10.1. The van der Waals surface area contributed by atoms with Crippen molar-refractivity contribution in [3.63, 3.8) is 0 Å². The molecule has 1 saturated heterocycles. The molecule has 0 radical (unpaired) electrons. The van der Waals surface area contributed by atoms with Crippen LogP contribution >= 0.6 is 0 Å². The zero-order valence-electron chi connectivity index (χ0n) is 12.2. The summed E-state index contributed by atoms with van der Waals surface area (Å²) >= 11 is 0. The van der Waals surface area contributed by atoms with E-state index in [0.717, 1.165) is 12.8 Å². The highest BCUT2D eigenvalue weighted by atomic mass is 16.3. The van der Waals surface area contributed by atoms with Gasteiger partial charge in [-0.2, -0.15) is 0 Å². The van der Waals surface area contributed by atoms with Crippen molar-refractivity contribution in [2.75, 3.05) is 26.2 Å². The summed E-state index contributed by atoms with van der Waals surface area (Å²) in [7, 11) is 0. The Kier molecular flexibility index (Phi) is 3.96. The lowest BCUT2D eigenvalue weighted by atomic mass is 10.2. The number of hydrogen-bond donors (Lipinski definition) is 1. The van der Waals surface area contributed by atoms with Gasteiger partial charge in [-0.1, -0.05) is 0 Å².